The van der Waals surface area contributed by atoms with Crippen LogP contribution in [0.2, 0.25) is 0 Å². The van der Waals surface area contributed by atoms with Gasteiger partial charge in [-0.1, -0.05) is 12.1 Å². The van der Waals surface area contributed by atoms with E-state index in [9.17, 15) is 14.0 Å². The molecule has 1 unspecified atom stereocenters. The Morgan fingerprint density at radius 2 is 1.87 bits per heavy atom. The molecule has 2 saturated heterocycles. The van der Waals surface area contributed by atoms with Crippen LogP contribution in [-0.2, 0) is 19.7 Å². The summed E-state index contributed by atoms with van der Waals surface area (Å²) in [5.74, 6) is -1.75. The van der Waals surface area contributed by atoms with Crippen LogP contribution in [0.15, 0.2) is 24.3 Å². The molecule has 1 atom stereocenters. The van der Waals surface area contributed by atoms with E-state index in [-0.39, 0.29) is 18.3 Å². The molecule has 1 N–H and O–H groups in total. The van der Waals surface area contributed by atoms with Crippen molar-refractivity contribution in [1.82, 2.24) is 4.90 Å². The highest BCUT2D eigenvalue weighted by Crippen LogP contribution is 2.38. The van der Waals surface area contributed by atoms with E-state index < -0.39 is 17.3 Å². The van der Waals surface area contributed by atoms with E-state index in [0.29, 0.717) is 39.0 Å². The highest BCUT2D eigenvalue weighted by Gasteiger charge is 2.46. The molecule has 0 spiro atoms. The van der Waals surface area contributed by atoms with Crippen molar-refractivity contribution in [2.75, 3.05) is 26.3 Å². The van der Waals surface area contributed by atoms with Gasteiger partial charge < -0.3 is 14.7 Å². The summed E-state index contributed by atoms with van der Waals surface area (Å²) in [4.78, 5) is 25.9. The molecule has 1 amide bonds. The first-order chi connectivity index (χ1) is 11.0. The number of ether oxygens (including phenoxy) is 1. The second kappa shape index (κ2) is 6.28. The van der Waals surface area contributed by atoms with Gasteiger partial charge in [0.05, 0.1) is 11.3 Å². The van der Waals surface area contributed by atoms with Crippen LogP contribution >= 0.6 is 0 Å². The van der Waals surface area contributed by atoms with E-state index in [0.717, 1.165) is 5.56 Å². The predicted octanol–water partition coefficient (Wildman–Crippen LogP) is 1.81. The summed E-state index contributed by atoms with van der Waals surface area (Å²) in [6, 6.07) is 6.04. The summed E-state index contributed by atoms with van der Waals surface area (Å²) >= 11 is 0. The maximum Gasteiger partial charge on any atom is 0.308 e. The van der Waals surface area contributed by atoms with Gasteiger partial charge in [0.25, 0.3) is 0 Å². The van der Waals surface area contributed by atoms with Crippen LogP contribution in [0, 0.1) is 11.7 Å². The Hall–Kier alpha value is -1.95. The molecule has 2 aliphatic heterocycles. The molecule has 0 radical (unpaired) electrons. The second-order valence-electron chi connectivity index (χ2n) is 6.28. The standard InChI is InChI=1S/C17H20FNO4/c18-14-3-1-13(2-4-14)17(6-9-23-10-7-17)16(22)19-8-5-12(11-19)15(20)21/h1-4,12H,5-11H2,(H,20,21). The second-order valence-corrected chi connectivity index (χ2v) is 6.28. The monoisotopic (exact) mass is 321 g/mol. The van der Waals surface area contributed by atoms with Crippen molar-refractivity contribution < 1.29 is 23.8 Å². The fourth-order valence-electron chi connectivity index (χ4n) is 3.56. The maximum atomic E-state index is 13.2. The van der Waals surface area contributed by atoms with E-state index in [1.165, 1.54) is 12.1 Å². The number of carbonyl (C=O) groups is 2. The van der Waals surface area contributed by atoms with E-state index >= 15 is 0 Å². The molecule has 1 aromatic rings. The lowest BCUT2D eigenvalue weighted by Gasteiger charge is -2.39. The number of nitrogens with zero attached hydrogens (tertiary/aromatic N) is 1. The largest absolute Gasteiger partial charge is 0.481 e. The summed E-state index contributed by atoms with van der Waals surface area (Å²) in [6.07, 6.45) is 1.55. The molecule has 1 aromatic carbocycles. The summed E-state index contributed by atoms with van der Waals surface area (Å²) in [5.41, 5.74) is 0.0465. The number of aliphatic carboxylic acids is 1. The summed E-state index contributed by atoms with van der Waals surface area (Å²) in [7, 11) is 0. The molecular formula is C17H20FNO4. The molecule has 23 heavy (non-hydrogen) atoms. The molecule has 0 aliphatic carbocycles. The van der Waals surface area contributed by atoms with Crippen molar-refractivity contribution in [3.05, 3.63) is 35.6 Å². The third kappa shape index (κ3) is 2.95. The molecule has 2 aliphatic rings. The van der Waals surface area contributed by atoms with Gasteiger partial charge in [-0.15, -0.1) is 0 Å². The fraction of sp³-hybridized carbons (Fsp3) is 0.529. The molecule has 0 saturated carbocycles. The van der Waals surface area contributed by atoms with E-state index in [1.54, 1.807) is 17.0 Å². The normalized spacial score (nSPS) is 23.7. The van der Waals surface area contributed by atoms with E-state index in [4.69, 9.17) is 9.84 Å². The minimum Gasteiger partial charge on any atom is -0.481 e. The summed E-state index contributed by atoms with van der Waals surface area (Å²) in [6.45, 7) is 1.65. The smallest absolute Gasteiger partial charge is 0.308 e. The highest BCUT2D eigenvalue weighted by atomic mass is 19.1. The molecule has 3 rings (SSSR count). The molecule has 5 nitrogen and oxygen atoms in total. The summed E-state index contributed by atoms with van der Waals surface area (Å²) in [5, 5.41) is 9.14. The van der Waals surface area contributed by atoms with Crippen molar-refractivity contribution in [1.29, 1.82) is 0 Å². The summed E-state index contributed by atoms with van der Waals surface area (Å²) < 4.78 is 18.6. The van der Waals surface area contributed by atoms with Crippen molar-refractivity contribution in [3.8, 4) is 0 Å². The Morgan fingerprint density at radius 1 is 1.22 bits per heavy atom. The minimum atomic E-state index is -0.858. The highest BCUT2D eigenvalue weighted by molar-refractivity contribution is 5.89. The van der Waals surface area contributed by atoms with Gasteiger partial charge in [0.2, 0.25) is 5.91 Å². The quantitative estimate of drug-likeness (QED) is 0.922. The zero-order chi connectivity index (χ0) is 16.4. The average Bonchev–Trinajstić information content (AvgIpc) is 3.05. The van der Waals surface area contributed by atoms with Gasteiger partial charge in [-0.05, 0) is 37.0 Å². The Labute approximate surface area is 134 Å². The van der Waals surface area contributed by atoms with Gasteiger partial charge in [0.1, 0.15) is 5.82 Å². The number of hydrogen-bond acceptors (Lipinski definition) is 3. The predicted molar refractivity (Wildman–Crippen MR) is 80.5 cm³/mol. The molecular weight excluding hydrogens is 301 g/mol. The van der Waals surface area contributed by atoms with Gasteiger partial charge in [-0.25, -0.2) is 4.39 Å². The van der Waals surface area contributed by atoms with Gasteiger partial charge in [-0.3, -0.25) is 9.59 Å². The zero-order valence-corrected chi connectivity index (χ0v) is 12.8. The van der Waals surface area contributed by atoms with Crippen LogP contribution in [-0.4, -0.2) is 48.2 Å². The van der Waals surface area contributed by atoms with Crippen LogP contribution in [0.1, 0.15) is 24.8 Å². The van der Waals surface area contributed by atoms with Gasteiger partial charge in [-0.2, -0.15) is 0 Å². The van der Waals surface area contributed by atoms with Gasteiger partial charge in [0, 0.05) is 26.3 Å². The number of halogens is 1. The zero-order valence-electron chi connectivity index (χ0n) is 12.8. The van der Waals surface area contributed by atoms with Crippen LogP contribution < -0.4 is 0 Å². The SMILES string of the molecule is O=C(O)C1CCN(C(=O)C2(c3ccc(F)cc3)CCOCC2)C1. The van der Waals surface area contributed by atoms with Crippen LogP contribution in [0.3, 0.4) is 0 Å². The molecule has 0 bridgehead atoms. The number of carbonyl (C=O) groups excluding carboxylic acids is 1. The first-order valence-electron chi connectivity index (χ1n) is 7.89. The Morgan fingerprint density at radius 3 is 2.43 bits per heavy atom. The minimum absolute atomic E-state index is 0.0591. The molecule has 0 aromatic heterocycles. The Bertz CT molecular complexity index is 595. The maximum absolute atomic E-state index is 13.2. The first-order valence-corrected chi connectivity index (χ1v) is 7.89. The number of likely N-dealkylation sites (tertiary alicyclic amines) is 1. The van der Waals surface area contributed by atoms with Crippen molar-refractivity contribution in [3.63, 3.8) is 0 Å². The number of hydrogen-bond donors (Lipinski definition) is 1. The average molecular weight is 321 g/mol. The topological polar surface area (TPSA) is 66.8 Å². The number of carboxylic acids is 1. The van der Waals surface area contributed by atoms with Crippen LogP contribution in [0.4, 0.5) is 4.39 Å². The third-order valence-corrected chi connectivity index (χ3v) is 4.98. The van der Waals surface area contributed by atoms with Gasteiger partial charge in [0.15, 0.2) is 0 Å². The molecule has 2 fully saturated rings. The van der Waals surface area contributed by atoms with Crippen molar-refractivity contribution >= 4 is 11.9 Å². The molecule has 2 heterocycles. The van der Waals surface area contributed by atoms with Crippen molar-refractivity contribution in [2.45, 2.75) is 24.7 Å². The van der Waals surface area contributed by atoms with Crippen LogP contribution in [0.5, 0.6) is 0 Å². The number of benzene rings is 1. The lowest BCUT2D eigenvalue weighted by Crippen LogP contribution is -2.49. The number of rotatable bonds is 3. The van der Waals surface area contributed by atoms with Crippen molar-refractivity contribution in [2.24, 2.45) is 5.92 Å². The van der Waals surface area contributed by atoms with E-state index in [1.807, 2.05) is 0 Å². The number of carboxylic acid groups (broad SMARTS) is 1. The number of amides is 1. The first kappa shape index (κ1) is 15.9. The van der Waals surface area contributed by atoms with Crippen LogP contribution in [0.25, 0.3) is 0 Å². The lowest BCUT2D eigenvalue weighted by atomic mass is 9.73. The third-order valence-electron chi connectivity index (χ3n) is 4.98. The Kier molecular flexibility index (Phi) is 4.35. The lowest BCUT2D eigenvalue weighted by molar-refractivity contribution is -0.143. The molecule has 6 heteroatoms. The van der Waals surface area contributed by atoms with Gasteiger partial charge >= 0.3 is 5.97 Å². The fourth-order valence-corrected chi connectivity index (χ4v) is 3.56. The van der Waals surface area contributed by atoms with E-state index in [2.05, 4.69) is 0 Å². The Balaban J connectivity index is 1.88. The molecule has 124 valence electrons.